The average molecular weight is 370 g/mol. The maximum absolute atomic E-state index is 12.6. The van der Waals surface area contributed by atoms with E-state index in [1.807, 2.05) is 0 Å². The molecule has 1 aromatic carbocycles. The number of hydrogen-bond donors (Lipinski definition) is 1. The molecule has 0 aliphatic carbocycles. The van der Waals surface area contributed by atoms with Crippen LogP contribution in [0.2, 0.25) is 0 Å². The molecule has 144 valence electrons. The molecule has 3 rings (SSSR count). The summed E-state index contributed by atoms with van der Waals surface area (Å²) < 4.78 is 2.65. The highest BCUT2D eigenvalue weighted by molar-refractivity contribution is 5.80. The summed E-state index contributed by atoms with van der Waals surface area (Å²) in [6.07, 6.45) is 3.78. The second-order valence-corrected chi connectivity index (χ2v) is 6.81. The molecule has 0 radical (unpaired) electrons. The van der Waals surface area contributed by atoms with Crippen molar-refractivity contribution in [3.8, 4) is 0 Å². The van der Waals surface area contributed by atoms with Gasteiger partial charge in [-0.1, -0.05) is 25.1 Å². The standard InChI is InChI=1S/C20H26N4O3/c1-3-11-23-16-9-5-6-10-17(16)24(20(27)19(23)26)14-18(25)21-13-15-8-7-12-22(15)4-2/h3,5-6,9-10,15H,1,4,7-8,11-14H2,2H3,(H,21,25)/t15-/m0/s1. The number of nitrogens with zero attached hydrogens (tertiary/aromatic N) is 3. The van der Waals surface area contributed by atoms with Gasteiger partial charge < -0.3 is 5.32 Å². The van der Waals surface area contributed by atoms with Crippen LogP contribution in [-0.4, -0.2) is 45.6 Å². The van der Waals surface area contributed by atoms with Crippen LogP contribution in [0.4, 0.5) is 0 Å². The smallest absolute Gasteiger partial charge is 0.317 e. The van der Waals surface area contributed by atoms with E-state index < -0.39 is 11.1 Å². The lowest BCUT2D eigenvalue weighted by atomic mass is 10.2. The summed E-state index contributed by atoms with van der Waals surface area (Å²) in [5, 5.41) is 2.92. The number of para-hydroxylation sites is 2. The van der Waals surface area contributed by atoms with E-state index in [0.29, 0.717) is 23.6 Å². The molecule has 1 atom stereocenters. The fourth-order valence-corrected chi connectivity index (χ4v) is 3.81. The zero-order valence-corrected chi connectivity index (χ0v) is 15.7. The molecule has 2 aromatic rings. The number of hydrogen-bond acceptors (Lipinski definition) is 4. The van der Waals surface area contributed by atoms with Crippen LogP contribution in [0.15, 0.2) is 46.5 Å². The number of likely N-dealkylation sites (N-methyl/N-ethyl adjacent to an activating group) is 1. The molecule has 1 aromatic heterocycles. The number of amides is 1. The van der Waals surface area contributed by atoms with Crippen LogP contribution in [-0.2, 0) is 17.9 Å². The minimum Gasteiger partial charge on any atom is -0.353 e. The van der Waals surface area contributed by atoms with Gasteiger partial charge in [-0.05, 0) is 38.1 Å². The highest BCUT2D eigenvalue weighted by atomic mass is 16.2. The monoisotopic (exact) mass is 370 g/mol. The second kappa shape index (κ2) is 8.35. The number of likely N-dealkylation sites (tertiary alicyclic amines) is 1. The molecule has 0 saturated carbocycles. The number of benzene rings is 1. The molecule has 27 heavy (non-hydrogen) atoms. The van der Waals surface area contributed by atoms with E-state index in [1.165, 1.54) is 9.13 Å². The van der Waals surface area contributed by atoms with Gasteiger partial charge in [-0.3, -0.25) is 28.4 Å². The summed E-state index contributed by atoms with van der Waals surface area (Å²) in [6.45, 7) is 8.42. The Hall–Kier alpha value is -2.67. The van der Waals surface area contributed by atoms with Crippen molar-refractivity contribution in [2.24, 2.45) is 0 Å². The first-order valence-corrected chi connectivity index (χ1v) is 9.40. The predicted octanol–water partition coefficient (Wildman–Crippen LogP) is 0.950. The Kier molecular flexibility index (Phi) is 5.91. The first kappa shape index (κ1) is 19.1. The first-order chi connectivity index (χ1) is 13.1. The van der Waals surface area contributed by atoms with Gasteiger partial charge in [0.2, 0.25) is 5.91 Å². The summed E-state index contributed by atoms with van der Waals surface area (Å²) in [4.78, 5) is 39.9. The fraction of sp³-hybridized carbons (Fsp3) is 0.450. The van der Waals surface area contributed by atoms with Gasteiger partial charge in [0, 0.05) is 19.1 Å². The number of carbonyl (C=O) groups is 1. The third-order valence-corrected chi connectivity index (χ3v) is 5.19. The third-order valence-electron chi connectivity index (χ3n) is 5.19. The number of aromatic nitrogens is 2. The second-order valence-electron chi connectivity index (χ2n) is 6.81. The Balaban J connectivity index is 1.84. The van der Waals surface area contributed by atoms with E-state index in [0.717, 1.165) is 25.9 Å². The number of allylic oxidation sites excluding steroid dienone is 1. The van der Waals surface area contributed by atoms with Crippen molar-refractivity contribution in [2.75, 3.05) is 19.6 Å². The van der Waals surface area contributed by atoms with Crippen molar-refractivity contribution < 1.29 is 4.79 Å². The van der Waals surface area contributed by atoms with Crippen molar-refractivity contribution in [1.82, 2.24) is 19.4 Å². The summed E-state index contributed by atoms with van der Waals surface area (Å²) >= 11 is 0. The summed E-state index contributed by atoms with van der Waals surface area (Å²) in [6, 6.07) is 7.45. The van der Waals surface area contributed by atoms with Crippen molar-refractivity contribution in [2.45, 2.75) is 38.9 Å². The molecule has 1 aliphatic heterocycles. The molecule has 1 N–H and O–H groups in total. The molecule has 7 heteroatoms. The summed E-state index contributed by atoms with van der Waals surface area (Å²) in [7, 11) is 0. The lowest BCUT2D eigenvalue weighted by molar-refractivity contribution is -0.121. The van der Waals surface area contributed by atoms with Gasteiger partial charge in [-0.2, -0.15) is 0 Å². The van der Waals surface area contributed by atoms with Crippen LogP contribution in [0, 0.1) is 0 Å². The van der Waals surface area contributed by atoms with Gasteiger partial charge in [0.1, 0.15) is 6.54 Å². The summed E-state index contributed by atoms with van der Waals surface area (Å²) in [5.41, 5.74) is -0.158. The normalized spacial score (nSPS) is 17.3. The van der Waals surface area contributed by atoms with Gasteiger partial charge >= 0.3 is 11.1 Å². The van der Waals surface area contributed by atoms with Crippen LogP contribution in [0.25, 0.3) is 11.0 Å². The van der Waals surface area contributed by atoms with Gasteiger partial charge in [0.25, 0.3) is 0 Å². The highest BCUT2D eigenvalue weighted by Crippen LogP contribution is 2.15. The van der Waals surface area contributed by atoms with Crippen molar-refractivity contribution in [1.29, 1.82) is 0 Å². The van der Waals surface area contributed by atoms with Crippen molar-refractivity contribution >= 4 is 16.9 Å². The Bertz CT molecular complexity index is 960. The largest absolute Gasteiger partial charge is 0.353 e. The Morgan fingerprint density at radius 2 is 1.89 bits per heavy atom. The van der Waals surface area contributed by atoms with E-state index in [4.69, 9.17) is 0 Å². The van der Waals surface area contributed by atoms with E-state index in [9.17, 15) is 14.4 Å². The molecule has 1 saturated heterocycles. The molecular weight excluding hydrogens is 344 g/mol. The van der Waals surface area contributed by atoms with E-state index in [2.05, 4.69) is 23.7 Å². The fourth-order valence-electron chi connectivity index (χ4n) is 3.81. The van der Waals surface area contributed by atoms with Gasteiger partial charge in [-0.25, -0.2) is 0 Å². The molecule has 1 aliphatic rings. The SMILES string of the molecule is C=CCn1c(=O)c(=O)n(CC(=O)NC[C@@H]2CCCN2CC)c2ccccc21. The van der Waals surface area contributed by atoms with Gasteiger partial charge in [0.15, 0.2) is 0 Å². The lowest BCUT2D eigenvalue weighted by Gasteiger charge is -2.23. The van der Waals surface area contributed by atoms with Gasteiger partial charge in [0.05, 0.1) is 11.0 Å². The number of fused-ring (bicyclic) bond motifs is 1. The minimum absolute atomic E-state index is 0.164. The van der Waals surface area contributed by atoms with Gasteiger partial charge in [-0.15, -0.1) is 6.58 Å². The first-order valence-electron chi connectivity index (χ1n) is 9.40. The highest BCUT2D eigenvalue weighted by Gasteiger charge is 2.23. The minimum atomic E-state index is -0.693. The maximum Gasteiger partial charge on any atom is 0.317 e. The Labute approximate surface area is 157 Å². The van der Waals surface area contributed by atoms with Crippen LogP contribution in [0.1, 0.15) is 19.8 Å². The Morgan fingerprint density at radius 1 is 1.22 bits per heavy atom. The zero-order valence-electron chi connectivity index (χ0n) is 15.7. The number of rotatable bonds is 7. The molecule has 0 spiro atoms. The molecule has 0 bridgehead atoms. The zero-order chi connectivity index (χ0) is 19.4. The van der Waals surface area contributed by atoms with Crippen LogP contribution < -0.4 is 16.4 Å². The molecule has 1 fully saturated rings. The predicted molar refractivity (Wildman–Crippen MR) is 106 cm³/mol. The molecule has 7 nitrogen and oxygen atoms in total. The summed E-state index contributed by atoms with van der Waals surface area (Å²) in [5.74, 6) is -0.258. The topological polar surface area (TPSA) is 76.3 Å². The maximum atomic E-state index is 12.6. The number of carbonyl (C=O) groups excluding carboxylic acids is 1. The number of nitrogens with one attached hydrogen (secondary N) is 1. The average Bonchev–Trinajstić information content (AvgIpc) is 3.14. The lowest BCUT2D eigenvalue weighted by Crippen LogP contribution is -2.45. The van der Waals surface area contributed by atoms with Crippen LogP contribution in [0.5, 0.6) is 0 Å². The van der Waals surface area contributed by atoms with Crippen LogP contribution in [0.3, 0.4) is 0 Å². The van der Waals surface area contributed by atoms with Crippen molar-refractivity contribution in [3.63, 3.8) is 0 Å². The van der Waals surface area contributed by atoms with E-state index >= 15 is 0 Å². The Morgan fingerprint density at radius 3 is 2.56 bits per heavy atom. The van der Waals surface area contributed by atoms with E-state index in [1.54, 1.807) is 30.3 Å². The van der Waals surface area contributed by atoms with Crippen LogP contribution >= 0.6 is 0 Å². The quantitative estimate of drug-likeness (QED) is 0.582. The molecule has 0 unspecified atom stereocenters. The molecule has 2 heterocycles. The van der Waals surface area contributed by atoms with E-state index in [-0.39, 0.29) is 19.0 Å². The molecule has 1 amide bonds. The molecular formula is C20H26N4O3. The van der Waals surface area contributed by atoms with Crippen molar-refractivity contribution in [3.05, 3.63) is 57.6 Å². The third kappa shape index (κ3) is 3.88.